The maximum atomic E-state index is 10.9. The fraction of sp³-hybridized carbons (Fsp3) is 0.857. The Labute approximate surface area is 65.2 Å². The number of nitrogens with one attached hydrogen (secondary N) is 2. The van der Waals surface area contributed by atoms with Gasteiger partial charge in [0.1, 0.15) is 5.60 Å². The SMILES string of the molecule is O=C1C[C@]2(CCCNC2)ON1. The van der Waals surface area contributed by atoms with Crippen LogP contribution in [0.25, 0.3) is 0 Å². The van der Waals surface area contributed by atoms with Crippen molar-refractivity contribution in [1.82, 2.24) is 10.8 Å². The van der Waals surface area contributed by atoms with Crippen molar-refractivity contribution in [3.63, 3.8) is 0 Å². The molecule has 0 aromatic heterocycles. The summed E-state index contributed by atoms with van der Waals surface area (Å²) in [6, 6.07) is 0. The molecule has 4 nitrogen and oxygen atoms in total. The molecule has 1 amide bonds. The van der Waals surface area contributed by atoms with Gasteiger partial charge in [-0.1, -0.05) is 0 Å². The summed E-state index contributed by atoms with van der Waals surface area (Å²) in [5.74, 6) is 0.00806. The second-order valence-electron chi connectivity index (χ2n) is 3.27. The number of hydroxylamine groups is 1. The molecule has 2 fully saturated rings. The van der Waals surface area contributed by atoms with Crippen molar-refractivity contribution >= 4 is 5.91 Å². The van der Waals surface area contributed by atoms with Gasteiger partial charge in [0.05, 0.1) is 6.42 Å². The standard InChI is InChI=1S/C7H12N2O2/c10-6-4-7(11-9-6)2-1-3-8-5-7/h8H,1-5H2,(H,9,10)/t7-/m0/s1. The summed E-state index contributed by atoms with van der Waals surface area (Å²) in [6.07, 6.45) is 2.59. The number of hydrogen-bond donors (Lipinski definition) is 2. The Morgan fingerprint density at radius 1 is 1.55 bits per heavy atom. The molecule has 0 aromatic rings. The molecule has 0 aromatic carbocycles. The third-order valence-corrected chi connectivity index (χ3v) is 2.30. The molecule has 1 spiro atoms. The first-order valence-electron chi connectivity index (χ1n) is 3.98. The van der Waals surface area contributed by atoms with E-state index in [1.807, 2.05) is 0 Å². The highest BCUT2D eigenvalue weighted by atomic mass is 16.7. The van der Waals surface area contributed by atoms with Gasteiger partial charge in [-0.25, -0.2) is 5.48 Å². The van der Waals surface area contributed by atoms with Crippen molar-refractivity contribution in [2.24, 2.45) is 0 Å². The van der Waals surface area contributed by atoms with Gasteiger partial charge in [-0.15, -0.1) is 0 Å². The van der Waals surface area contributed by atoms with Crippen molar-refractivity contribution in [2.45, 2.75) is 24.9 Å². The van der Waals surface area contributed by atoms with E-state index < -0.39 is 0 Å². The zero-order valence-corrected chi connectivity index (χ0v) is 6.35. The predicted octanol–water partition coefficient (Wildman–Crippen LogP) is -0.440. The Morgan fingerprint density at radius 2 is 2.45 bits per heavy atom. The van der Waals surface area contributed by atoms with Gasteiger partial charge in [-0.2, -0.15) is 0 Å². The smallest absolute Gasteiger partial charge is 0.246 e. The van der Waals surface area contributed by atoms with E-state index in [-0.39, 0.29) is 11.5 Å². The molecule has 11 heavy (non-hydrogen) atoms. The average Bonchev–Trinajstić information content (AvgIpc) is 2.34. The van der Waals surface area contributed by atoms with Gasteiger partial charge < -0.3 is 5.32 Å². The summed E-state index contributed by atoms with van der Waals surface area (Å²) in [4.78, 5) is 16.1. The van der Waals surface area contributed by atoms with Crippen LogP contribution >= 0.6 is 0 Å². The molecular weight excluding hydrogens is 144 g/mol. The van der Waals surface area contributed by atoms with Gasteiger partial charge in [0, 0.05) is 6.54 Å². The fourth-order valence-electron chi connectivity index (χ4n) is 1.71. The lowest BCUT2D eigenvalue weighted by Gasteiger charge is -2.30. The number of rotatable bonds is 0. The van der Waals surface area contributed by atoms with Gasteiger partial charge in [0.25, 0.3) is 0 Å². The molecule has 62 valence electrons. The zero-order valence-electron chi connectivity index (χ0n) is 6.35. The lowest BCUT2D eigenvalue weighted by molar-refractivity contribution is -0.126. The maximum Gasteiger partial charge on any atom is 0.246 e. The number of carbonyl (C=O) groups is 1. The molecule has 4 heteroatoms. The third kappa shape index (κ3) is 1.23. The number of amides is 1. The van der Waals surface area contributed by atoms with Crippen molar-refractivity contribution in [3.05, 3.63) is 0 Å². The van der Waals surface area contributed by atoms with E-state index >= 15 is 0 Å². The van der Waals surface area contributed by atoms with Crippen LogP contribution in [0, 0.1) is 0 Å². The van der Waals surface area contributed by atoms with E-state index in [4.69, 9.17) is 4.84 Å². The Kier molecular flexibility index (Phi) is 1.58. The van der Waals surface area contributed by atoms with E-state index in [1.54, 1.807) is 0 Å². The predicted molar refractivity (Wildman–Crippen MR) is 38.7 cm³/mol. The first kappa shape index (κ1) is 7.06. The lowest BCUT2D eigenvalue weighted by Crippen LogP contribution is -2.45. The minimum Gasteiger partial charge on any atom is -0.314 e. The second kappa shape index (κ2) is 2.46. The molecular formula is C7H12N2O2. The van der Waals surface area contributed by atoms with Gasteiger partial charge in [0.2, 0.25) is 5.91 Å². The highest BCUT2D eigenvalue weighted by molar-refractivity contribution is 5.77. The lowest BCUT2D eigenvalue weighted by atomic mass is 9.91. The van der Waals surface area contributed by atoms with Crippen LogP contribution in [-0.2, 0) is 9.63 Å². The normalized spacial score (nSPS) is 37.6. The van der Waals surface area contributed by atoms with Crippen molar-refractivity contribution in [2.75, 3.05) is 13.1 Å². The van der Waals surface area contributed by atoms with Crippen LogP contribution in [0.3, 0.4) is 0 Å². The summed E-state index contributed by atoms with van der Waals surface area (Å²) in [5, 5.41) is 3.22. The number of piperidine rings is 1. The number of hydrogen-bond acceptors (Lipinski definition) is 3. The second-order valence-corrected chi connectivity index (χ2v) is 3.27. The molecule has 0 unspecified atom stereocenters. The third-order valence-electron chi connectivity index (χ3n) is 2.30. The summed E-state index contributed by atoms with van der Waals surface area (Å²) in [7, 11) is 0. The van der Waals surface area contributed by atoms with Crippen LogP contribution in [0.1, 0.15) is 19.3 Å². The van der Waals surface area contributed by atoms with E-state index in [2.05, 4.69) is 10.8 Å². The molecule has 2 aliphatic heterocycles. The molecule has 0 saturated carbocycles. The highest BCUT2D eigenvalue weighted by Gasteiger charge is 2.41. The van der Waals surface area contributed by atoms with E-state index in [1.165, 1.54) is 0 Å². The van der Waals surface area contributed by atoms with Crippen LogP contribution in [0.4, 0.5) is 0 Å². The molecule has 0 radical (unpaired) electrons. The van der Waals surface area contributed by atoms with Crippen LogP contribution in [-0.4, -0.2) is 24.6 Å². The topological polar surface area (TPSA) is 50.4 Å². The monoisotopic (exact) mass is 156 g/mol. The molecule has 2 saturated heterocycles. The van der Waals surface area contributed by atoms with Gasteiger partial charge in [0.15, 0.2) is 0 Å². The largest absolute Gasteiger partial charge is 0.314 e. The van der Waals surface area contributed by atoms with Gasteiger partial charge in [-0.3, -0.25) is 9.63 Å². The summed E-state index contributed by atoms with van der Waals surface area (Å²) in [5.41, 5.74) is 2.17. The van der Waals surface area contributed by atoms with Crippen LogP contribution in [0.2, 0.25) is 0 Å². The van der Waals surface area contributed by atoms with Crippen LogP contribution in [0.15, 0.2) is 0 Å². The Morgan fingerprint density at radius 3 is 3.00 bits per heavy atom. The molecule has 0 bridgehead atoms. The Balaban J connectivity index is 2.03. The van der Waals surface area contributed by atoms with Crippen LogP contribution in [0.5, 0.6) is 0 Å². The van der Waals surface area contributed by atoms with E-state index in [0.29, 0.717) is 6.42 Å². The molecule has 2 rings (SSSR count). The first-order chi connectivity index (χ1) is 5.31. The van der Waals surface area contributed by atoms with Crippen LogP contribution < -0.4 is 10.8 Å². The zero-order chi connectivity index (χ0) is 7.73. The van der Waals surface area contributed by atoms with Gasteiger partial charge >= 0.3 is 0 Å². The summed E-state index contributed by atoms with van der Waals surface area (Å²) in [6.45, 7) is 1.84. The minimum absolute atomic E-state index is 0.00806. The van der Waals surface area contributed by atoms with Crippen molar-refractivity contribution < 1.29 is 9.63 Å². The molecule has 1 atom stereocenters. The molecule has 2 heterocycles. The average molecular weight is 156 g/mol. The fourth-order valence-corrected chi connectivity index (χ4v) is 1.71. The molecule has 0 aliphatic carbocycles. The maximum absolute atomic E-state index is 10.9. The molecule has 2 N–H and O–H groups in total. The first-order valence-corrected chi connectivity index (χ1v) is 3.98. The minimum atomic E-state index is -0.227. The quantitative estimate of drug-likeness (QED) is 0.500. The van der Waals surface area contributed by atoms with Crippen molar-refractivity contribution in [3.8, 4) is 0 Å². The number of carbonyl (C=O) groups excluding carboxylic acids is 1. The van der Waals surface area contributed by atoms with Gasteiger partial charge in [-0.05, 0) is 19.4 Å². The van der Waals surface area contributed by atoms with Crippen molar-refractivity contribution in [1.29, 1.82) is 0 Å². The summed E-state index contributed by atoms with van der Waals surface area (Å²) >= 11 is 0. The van der Waals surface area contributed by atoms with E-state index in [0.717, 1.165) is 25.9 Å². The Hall–Kier alpha value is -0.610. The highest BCUT2D eigenvalue weighted by Crippen LogP contribution is 2.27. The Bertz CT molecular complexity index is 175. The molecule has 2 aliphatic rings. The van der Waals surface area contributed by atoms with E-state index in [9.17, 15) is 4.79 Å². The summed E-state index contributed by atoms with van der Waals surface area (Å²) < 4.78 is 0.